The molecular formula is C21H20N6O2. The second-order valence-electron chi connectivity index (χ2n) is 6.78. The number of methoxy groups -OCH3 is 1. The number of rotatable bonds is 4. The second-order valence-corrected chi connectivity index (χ2v) is 6.78. The van der Waals surface area contributed by atoms with Crippen molar-refractivity contribution in [3.63, 3.8) is 0 Å². The maximum atomic E-state index is 5.44. The quantitative estimate of drug-likeness (QED) is 0.575. The van der Waals surface area contributed by atoms with E-state index in [1.54, 1.807) is 19.5 Å². The Morgan fingerprint density at radius 3 is 2.62 bits per heavy atom. The fraction of sp³-hybridized carbons (Fsp3) is 0.238. The highest BCUT2D eigenvalue weighted by Crippen LogP contribution is 2.31. The van der Waals surface area contributed by atoms with Gasteiger partial charge >= 0.3 is 0 Å². The first-order chi connectivity index (χ1) is 14.3. The molecule has 0 unspecified atom stereocenters. The molecule has 0 atom stereocenters. The summed E-state index contributed by atoms with van der Waals surface area (Å²) in [6, 6.07) is 10.1. The number of hydrogen-bond acceptors (Lipinski definition) is 7. The van der Waals surface area contributed by atoms with Crippen LogP contribution in [0.2, 0.25) is 0 Å². The third-order valence-corrected chi connectivity index (χ3v) is 5.04. The molecular weight excluding hydrogens is 368 g/mol. The van der Waals surface area contributed by atoms with Gasteiger partial charge < -0.3 is 14.4 Å². The Hall–Kier alpha value is -3.52. The summed E-state index contributed by atoms with van der Waals surface area (Å²) in [6.45, 7) is 3.14. The van der Waals surface area contributed by atoms with Gasteiger partial charge in [-0.2, -0.15) is 5.10 Å². The molecule has 1 fully saturated rings. The number of hydrogen-bond donors (Lipinski definition) is 1. The van der Waals surface area contributed by atoms with E-state index in [1.165, 1.54) is 0 Å². The number of H-pyrrole nitrogens is 1. The molecule has 1 aliphatic heterocycles. The van der Waals surface area contributed by atoms with Crippen molar-refractivity contribution in [3.8, 4) is 28.4 Å². The van der Waals surface area contributed by atoms with Crippen molar-refractivity contribution in [1.82, 2.24) is 25.1 Å². The van der Waals surface area contributed by atoms with Gasteiger partial charge in [0.15, 0.2) is 11.6 Å². The van der Waals surface area contributed by atoms with E-state index in [0.29, 0.717) is 11.6 Å². The molecule has 8 heteroatoms. The van der Waals surface area contributed by atoms with Gasteiger partial charge in [-0.05, 0) is 30.3 Å². The summed E-state index contributed by atoms with van der Waals surface area (Å²) in [5.41, 5.74) is 3.78. The van der Waals surface area contributed by atoms with Gasteiger partial charge in [-0.25, -0.2) is 15.0 Å². The minimum Gasteiger partial charge on any atom is -0.494 e. The smallest absolute Gasteiger partial charge is 0.159 e. The number of nitrogens with zero attached hydrogens (tertiary/aromatic N) is 5. The lowest BCUT2D eigenvalue weighted by Crippen LogP contribution is -2.36. The summed E-state index contributed by atoms with van der Waals surface area (Å²) in [6.07, 6.45) is 5.16. The van der Waals surface area contributed by atoms with Crippen LogP contribution in [-0.4, -0.2) is 58.6 Å². The van der Waals surface area contributed by atoms with Crippen LogP contribution in [0.25, 0.3) is 33.5 Å². The molecule has 3 aromatic heterocycles. The first kappa shape index (κ1) is 17.6. The molecule has 146 valence electrons. The van der Waals surface area contributed by atoms with Crippen LogP contribution in [0.15, 0.2) is 48.9 Å². The van der Waals surface area contributed by atoms with E-state index >= 15 is 0 Å². The lowest BCUT2D eigenvalue weighted by Gasteiger charge is -2.27. The van der Waals surface area contributed by atoms with Crippen molar-refractivity contribution in [2.45, 2.75) is 0 Å². The van der Waals surface area contributed by atoms with Crippen molar-refractivity contribution in [1.29, 1.82) is 0 Å². The average Bonchev–Trinajstić information content (AvgIpc) is 3.23. The molecule has 4 heterocycles. The molecule has 5 rings (SSSR count). The Labute approximate surface area is 167 Å². The number of morpholine rings is 1. The minimum atomic E-state index is 0.631. The number of nitrogens with one attached hydrogen (secondary N) is 1. The number of benzene rings is 1. The molecule has 0 aliphatic carbocycles. The van der Waals surface area contributed by atoms with Crippen molar-refractivity contribution in [2.75, 3.05) is 38.3 Å². The highest BCUT2D eigenvalue weighted by Gasteiger charge is 2.15. The van der Waals surface area contributed by atoms with Crippen molar-refractivity contribution in [3.05, 3.63) is 48.9 Å². The van der Waals surface area contributed by atoms with Crippen LogP contribution < -0.4 is 9.64 Å². The van der Waals surface area contributed by atoms with Crippen LogP contribution in [0, 0.1) is 0 Å². The highest BCUT2D eigenvalue weighted by molar-refractivity contribution is 5.95. The molecule has 0 bridgehead atoms. The number of ether oxygens (including phenoxy) is 2. The maximum Gasteiger partial charge on any atom is 0.159 e. The largest absolute Gasteiger partial charge is 0.494 e. The summed E-state index contributed by atoms with van der Waals surface area (Å²) in [5, 5.41) is 8.69. The highest BCUT2D eigenvalue weighted by atomic mass is 16.5. The molecule has 1 saturated heterocycles. The Morgan fingerprint density at radius 2 is 1.83 bits per heavy atom. The van der Waals surface area contributed by atoms with E-state index in [4.69, 9.17) is 9.47 Å². The van der Waals surface area contributed by atoms with Gasteiger partial charge in [-0.15, -0.1) is 0 Å². The van der Waals surface area contributed by atoms with E-state index < -0.39 is 0 Å². The van der Waals surface area contributed by atoms with Crippen LogP contribution >= 0.6 is 0 Å². The van der Waals surface area contributed by atoms with Gasteiger partial charge in [0.2, 0.25) is 0 Å². The molecule has 8 nitrogen and oxygen atoms in total. The van der Waals surface area contributed by atoms with Crippen molar-refractivity contribution < 1.29 is 9.47 Å². The Balaban J connectivity index is 1.53. The molecule has 29 heavy (non-hydrogen) atoms. The first-order valence-electron chi connectivity index (χ1n) is 9.45. The van der Waals surface area contributed by atoms with Gasteiger partial charge in [0, 0.05) is 35.8 Å². The zero-order valence-electron chi connectivity index (χ0n) is 16.0. The van der Waals surface area contributed by atoms with Crippen LogP contribution in [0.1, 0.15) is 0 Å². The summed E-state index contributed by atoms with van der Waals surface area (Å²) < 4.78 is 10.6. The van der Waals surface area contributed by atoms with Gasteiger partial charge in [0.25, 0.3) is 0 Å². The fourth-order valence-corrected chi connectivity index (χ4v) is 3.47. The molecule has 0 radical (unpaired) electrons. The van der Waals surface area contributed by atoms with Crippen LogP contribution in [0.4, 0.5) is 5.82 Å². The predicted molar refractivity (Wildman–Crippen MR) is 110 cm³/mol. The number of anilines is 1. The number of fused-ring (bicyclic) bond motifs is 1. The topological polar surface area (TPSA) is 89.0 Å². The summed E-state index contributed by atoms with van der Waals surface area (Å²) in [4.78, 5) is 15.6. The average molecular weight is 388 g/mol. The zero-order valence-corrected chi connectivity index (χ0v) is 16.0. The maximum absolute atomic E-state index is 5.44. The zero-order chi connectivity index (χ0) is 19.6. The summed E-state index contributed by atoms with van der Waals surface area (Å²) in [5.74, 6) is 2.21. The summed E-state index contributed by atoms with van der Waals surface area (Å²) in [7, 11) is 1.60. The standard InChI is InChI=1S/C21H20N6O2/c1-28-16-12-23-21(24-13-16)15-2-3-18-17(10-15)20(26-25-18)14-4-5-22-19(11-14)27-6-8-29-9-7-27/h2-5,10-13H,6-9H2,1H3,(H,25,26). The van der Waals surface area contributed by atoms with Crippen molar-refractivity contribution in [2.24, 2.45) is 0 Å². The third-order valence-electron chi connectivity index (χ3n) is 5.04. The van der Waals surface area contributed by atoms with E-state index in [2.05, 4.69) is 42.2 Å². The van der Waals surface area contributed by atoms with Crippen LogP contribution in [0.3, 0.4) is 0 Å². The SMILES string of the molecule is COc1cnc(-c2ccc3[nH]nc(-c4ccnc(N5CCOCC5)c4)c3c2)nc1. The first-order valence-corrected chi connectivity index (χ1v) is 9.45. The monoisotopic (exact) mass is 388 g/mol. The second kappa shape index (κ2) is 7.48. The molecule has 0 saturated carbocycles. The Morgan fingerprint density at radius 1 is 1.00 bits per heavy atom. The normalized spacial score (nSPS) is 14.3. The molecule has 1 aromatic carbocycles. The Bertz CT molecular complexity index is 1140. The van der Waals surface area contributed by atoms with Crippen LogP contribution in [0.5, 0.6) is 5.75 Å². The molecule has 4 aromatic rings. The van der Waals surface area contributed by atoms with E-state index in [-0.39, 0.29) is 0 Å². The molecule has 0 spiro atoms. The molecule has 1 N–H and O–H groups in total. The minimum absolute atomic E-state index is 0.631. The van der Waals surface area contributed by atoms with Gasteiger partial charge in [0.05, 0.1) is 38.2 Å². The molecule has 0 amide bonds. The van der Waals surface area contributed by atoms with E-state index in [0.717, 1.165) is 59.8 Å². The van der Waals surface area contributed by atoms with Gasteiger partial charge in [-0.1, -0.05) is 0 Å². The number of aromatic nitrogens is 5. The summed E-state index contributed by atoms with van der Waals surface area (Å²) >= 11 is 0. The van der Waals surface area contributed by atoms with Crippen molar-refractivity contribution >= 4 is 16.7 Å². The number of pyridine rings is 1. The van der Waals surface area contributed by atoms with Gasteiger partial charge in [-0.3, -0.25) is 5.10 Å². The fourth-order valence-electron chi connectivity index (χ4n) is 3.47. The lowest BCUT2D eigenvalue weighted by molar-refractivity contribution is 0.122. The lowest BCUT2D eigenvalue weighted by atomic mass is 10.1. The molecule has 1 aliphatic rings. The third kappa shape index (κ3) is 3.38. The van der Waals surface area contributed by atoms with E-state index in [1.807, 2.05) is 24.4 Å². The Kier molecular flexibility index (Phi) is 4.53. The van der Waals surface area contributed by atoms with E-state index in [9.17, 15) is 0 Å². The van der Waals surface area contributed by atoms with Gasteiger partial charge in [0.1, 0.15) is 11.5 Å². The predicted octanol–water partition coefficient (Wildman–Crippen LogP) is 2.93. The van der Waals surface area contributed by atoms with Crippen LogP contribution in [-0.2, 0) is 4.74 Å². The number of aromatic amines is 1.